The van der Waals surface area contributed by atoms with Gasteiger partial charge in [0, 0.05) is 6.07 Å². The third-order valence-corrected chi connectivity index (χ3v) is 2.78. The number of hydrogen-bond acceptors (Lipinski definition) is 5. The predicted molar refractivity (Wildman–Crippen MR) is 72.4 cm³/mol. The Balaban J connectivity index is 3.20. The zero-order valence-corrected chi connectivity index (χ0v) is 11.4. The van der Waals surface area contributed by atoms with Crippen molar-refractivity contribution in [3.63, 3.8) is 0 Å². The first kappa shape index (κ1) is 16.4. The quantitative estimate of drug-likeness (QED) is 0.544. The van der Waals surface area contributed by atoms with Gasteiger partial charge in [0.1, 0.15) is 18.1 Å². The average molecular weight is 315 g/mol. The molecular weight excluding hydrogens is 304 g/mol. The summed E-state index contributed by atoms with van der Waals surface area (Å²) in [5.41, 5.74) is 9.25. The highest BCUT2D eigenvalue weighted by atomic mass is 35.5. The van der Waals surface area contributed by atoms with Crippen molar-refractivity contribution in [2.24, 2.45) is 11.5 Å². The molecule has 9 nitrogen and oxygen atoms in total. The van der Waals surface area contributed by atoms with E-state index in [0.717, 1.165) is 11.0 Å². The molecule has 0 atom stereocenters. The summed E-state index contributed by atoms with van der Waals surface area (Å²) >= 11 is 5.79. The molecule has 3 amide bonds. The number of benzene rings is 1. The molecular formula is C11H11ClN4O5. The summed E-state index contributed by atoms with van der Waals surface area (Å²) in [5.74, 6) is -2.60. The highest BCUT2D eigenvalue weighted by Crippen LogP contribution is 2.28. The van der Waals surface area contributed by atoms with Gasteiger partial charge >= 0.3 is 0 Å². The van der Waals surface area contributed by atoms with Crippen LogP contribution in [-0.2, 0) is 9.59 Å². The van der Waals surface area contributed by atoms with Crippen LogP contribution in [0.15, 0.2) is 18.2 Å². The lowest BCUT2D eigenvalue weighted by molar-refractivity contribution is -0.384. The van der Waals surface area contributed by atoms with Crippen LogP contribution in [0.4, 0.5) is 5.69 Å². The lowest BCUT2D eigenvalue weighted by atomic mass is 10.1. The van der Waals surface area contributed by atoms with Gasteiger partial charge in [-0.25, -0.2) is 0 Å². The summed E-state index contributed by atoms with van der Waals surface area (Å²) in [4.78, 5) is 44.8. The lowest BCUT2D eigenvalue weighted by Crippen LogP contribution is -2.43. The molecule has 0 saturated carbocycles. The van der Waals surface area contributed by atoms with Crippen molar-refractivity contribution in [3.05, 3.63) is 38.9 Å². The summed E-state index contributed by atoms with van der Waals surface area (Å²) in [5, 5.41) is 10.4. The first-order valence-electron chi connectivity index (χ1n) is 5.52. The minimum absolute atomic E-state index is 0.228. The molecule has 21 heavy (non-hydrogen) atoms. The number of nitro benzene ring substituents is 1. The predicted octanol–water partition coefficient (Wildman–Crippen LogP) is -0.339. The van der Waals surface area contributed by atoms with Gasteiger partial charge < -0.3 is 16.4 Å². The molecule has 0 radical (unpaired) electrons. The third-order valence-electron chi connectivity index (χ3n) is 2.39. The summed E-state index contributed by atoms with van der Waals surface area (Å²) in [7, 11) is 0. The van der Waals surface area contributed by atoms with E-state index in [2.05, 4.69) is 0 Å². The second kappa shape index (κ2) is 6.66. The number of nitrogens with zero attached hydrogens (tertiary/aromatic N) is 2. The van der Waals surface area contributed by atoms with E-state index in [1.165, 1.54) is 12.1 Å². The monoisotopic (exact) mass is 314 g/mol. The fraction of sp³-hybridized carbons (Fsp3) is 0.182. The summed E-state index contributed by atoms with van der Waals surface area (Å²) in [6.07, 6.45) is 0. The zero-order chi connectivity index (χ0) is 16.2. The van der Waals surface area contributed by atoms with Crippen LogP contribution >= 0.6 is 11.6 Å². The maximum atomic E-state index is 12.2. The Morgan fingerprint density at radius 1 is 1.19 bits per heavy atom. The second-order valence-electron chi connectivity index (χ2n) is 3.99. The van der Waals surface area contributed by atoms with Gasteiger partial charge in [-0.3, -0.25) is 24.5 Å². The molecule has 0 aromatic heterocycles. The molecule has 0 fully saturated rings. The van der Waals surface area contributed by atoms with Gasteiger partial charge in [-0.1, -0.05) is 17.7 Å². The number of hydrogen-bond donors (Lipinski definition) is 2. The largest absolute Gasteiger partial charge is 0.368 e. The topological polar surface area (TPSA) is 150 Å². The van der Waals surface area contributed by atoms with Gasteiger partial charge in [-0.2, -0.15) is 0 Å². The van der Waals surface area contributed by atoms with Crippen LogP contribution in [0.1, 0.15) is 10.4 Å². The number of halogens is 1. The van der Waals surface area contributed by atoms with Gasteiger partial charge in [0.05, 0.1) is 10.5 Å². The van der Waals surface area contributed by atoms with E-state index < -0.39 is 46.4 Å². The van der Waals surface area contributed by atoms with Crippen molar-refractivity contribution >= 4 is 35.0 Å². The molecule has 1 aromatic carbocycles. The first-order valence-corrected chi connectivity index (χ1v) is 5.90. The number of rotatable bonds is 6. The molecule has 0 spiro atoms. The minimum atomic E-state index is -0.869. The number of nitrogens with two attached hydrogens (primary N) is 2. The second-order valence-corrected chi connectivity index (χ2v) is 4.37. The Kier molecular flexibility index (Phi) is 5.19. The van der Waals surface area contributed by atoms with Gasteiger partial charge in [0.2, 0.25) is 11.8 Å². The highest BCUT2D eigenvalue weighted by molar-refractivity contribution is 6.35. The van der Waals surface area contributed by atoms with E-state index in [0.29, 0.717) is 0 Å². The SMILES string of the molecule is NC(=O)CN(CC(N)=O)C(=O)c1cccc([N+](=O)[O-])c1Cl. The molecule has 4 N–H and O–H groups in total. The molecule has 0 aliphatic carbocycles. The van der Waals surface area contributed by atoms with Crippen LogP contribution < -0.4 is 11.5 Å². The van der Waals surface area contributed by atoms with Crippen molar-refractivity contribution < 1.29 is 19.3 Å². The van der Waals surface area contributed by atoms with Crippen molar-refractivity contribution in [1.82, 2.24) is 4.90 Å². The molecule has 0 unspecified atom stereocenters. The van der Waals surface area contributed by atoms with Crippen LogP contribution in [-0.4, -0.2) is 40.6 Å². The number of nitro groups is 1. The summed E-state index contributed by atoms with van der Waals surface area (Å²) < 4.78 is 0. The molecule has 0 heterocycles. The van der Waals surface area contributed by atoms with E-state index in [1.54, 1.807) is 0 Å². The van der Waals surface area contributed by atoms with E-state index >= 15 is 0 Å². The third kappa shape index (κ3) is 4.14. The van der Waals surface area contributed by atoms with E-state index in [1.807, 2.05) is 0 Å². The summed E-state index contributed by atoms with van der Waals surface area (Å²) in [6.45, 7) is -1.14. The first-order chi connectivity index (χ1) is 9.73. The maximum absolute atomic E-state index is 12.2. The van der Waals surface area contributed by atoms with Gasteiger partial charge in [0.15, 0.2) is 0 Å². The smallest absolute Gasteiger partial charge is 0.288 e. The van der Waals surface area contributed by atoms with Gasteiger partial charge in [-0.05, 0) is 6.07 Å². The standard InChI is InChI=1S/C11H11ClN4O5/c12-10-6(2-1-3-7(10)16(20)21)11(19)15(4-8(13)17)5-9(14)18/h1-3H,4-5H2,(H2,13,17)(H2,14,18). The molecule has 0 aliphatic rings. The Morgan fingerprint density at radius 3 is 2.14 bits per heavy atom. The molecule has 1 rings (SSSR count). The highest BCUT2D eigenvalue weighted by Gasteiger charge is 2.25. The molecule has 0 saturated heterocycles. The maximum Gasteiger partial charge on any atom is 0.288 e. The fourth-order valence-corrected chi connectivity index (χ4v) is 1.85. The Hall–Kier alpha value is -2.68. The Morgan fingerprint density at radius 2 is 1.71 bits per heavy atom. The van der Waals surface area contributed by atoms with Gasteiger partial charge in [0.25, 0.3) is 11.6 Å². The molecule has 112 valence electrons. The van der Waals surface area contributed by atoms with Gasteiger partial charge in [-0.15, -0.1) is 0 Å². The number of amides is 3. The molecule has 0 bridgehead atoms. The van der Waals surface area contributed by atoms with Crippen LogP contribution in [0.3, 0.4) is 0 Å². The molecule has 10 heteroatoms. The molecule has 1 aromatic rings. The number of carbonyl (C=O) groups excluding carboxylic acids is 3. The number of carbonyl (C=O) groups is 3. The van der Waals surface area contributed by atoms with Crippen LogP contribution in [0.2, 0.25) is 5.02 Å². The Bertz CT molecular complexity index is 603. The van der Waals surface area contributed by atoms with Crippen molar-refractivity contribution in [2.45, 2.75) is 0 Å². The normalized spacial score (nSPS) is 9.95. The number of primary amides is 2. The minimum Gasteiger partial charge on any atom is -0.368 e. The fourth-order valence-electron chi connectivity index (χ4n) is 1.57. The van der Waals surface area contributed by atoms with Crippen LogP contribution in [0.5, 0.6) is 0 Å². The van der Waals surface area contributed by atoms with E-state index in [4.69, 9.17) is 23.1 Å². The lowest BCUT2D eigenvalue weighted by Gasteiger charge is -2.19. The van der Waals surface area contributed by atoms with Crippen molar-refractivity contribution in [2.75, 3.05) is 13.1 Å². The van der Waals surface area contributed by atoms with E-state index in [9.17, 15) is 24.5 Å². The average Bonchev–Trinajstić information content (AvgIpc) is 2.36. The van der Waals surface area contributed by atoms with Crippen LogP contribution in [0.25, 0.3) is 0 Å². The van der Waals surface area contributed by atoms with Crippen molar-refractivity contribution in [3.8, 4) is 0 Å². The summed E-state index contributed by atoms with van der Waals surface area (Å²) in [6, 6.07) is 3.60. The van der Waals surface area contributed by atoms with E-state index in [-0.39, 0.29) is 5.56 Å². The van der Waals surface area contributed by atoms with Crippen molar-refractivity contribution in [1.29, 1.82) is 0 Å². The van der Waals surface area contributed by atoms with Crippen LogP contribution in [0, 0.1) is 10.1 Å². The molecule has 0 aliphatic heterocycles. The zero-order valence-electron chi connectivity index (χ0n) is 10.6. The Labute approximate surface area is 123 Å².